The minimum atomic E-state index is -0.363. The summed E-state index contributed by atoms with van der Waals surface area (Å²) >= 11 is 11.9. The maximum atomic E-state index is 13.0. The van der Waals surface area contributed by atoms with Gasteiger partial charge in [0.1, 0.15) is 0 Å². The molecule has 0 unspecified atom stereocenters. The van der Waals surface area contributed by atoms with Crippen molar-refractivity contribution in [3.8, 4) is 0 Å². The van der Waals surface area contributed by atoms with Gasteiger partial charge in [-0.05, 0) is 73.5 Å². The van der Waals surface area contributed by atoms with E-state index in [1.807, 2.05) is 86.6 Å². The van der Waals surface area contributed by atoms with Crippen LogP contribution in [-0.4, -0.2) is 48.8 Å². The van der Waals surface area contributed by atoms with Crippen LogP contribution in [0.25, 0.3) is 21.8 Å². The monoisotopic (exact) mass is 628 g/mol. The quantitative estimate of drug-likeness (QED) is 0.0926. The molecule has 0 radical (unpaired) electrons. The van der Waals surface area contributed by atoms with Crippen molar-refractivity contribution in [1.82, 2.24) is 10.3 Å². The number of aryl methyl sites for hydroxylation is 2. The van der Waals surface area contributed by atoms with Gasteiger partial charge in [-0.3, -0.25) is 4.79 Å². The molecule has 0 saturated heterocycles. The number of nitrogens with one attached hydrogen (secondary N) is 4. The number of para-hydroxylation sites is 2. The van der Waals surface area contributed by atoms with Gasteiger partial charge in [-0.25, -0.2) is 9.78 Å². The summed E-state index contributed by atoms with van der Waals surface area (Å²) in [6.45, 7) is 5.34. The van der Waals surface area contributed by atoms with Gasteiger partial charge in [0.2, 0.25) is 0 Å². The summed E-state index contributed by atoms with van der Waals surface area (Å²) in [6.07, 6.45) is 0. The second kappa shape index (κ2) is 13.8. The van der Waals surface area contributed by atoms with Gasteiger partial charge < -0.3 is 26.2 Å². The molecule has 0 aliphatic heterocycles. The third-order valence-electron chi connectivity index (χ3n) is 7.31. The first-order valence-electron chi connectivity index (χ1n) is 14.3. The Labute approximate surface area is 266 Å². The van der Waals surface area contributed by atoms with E-state index in [4.69, 9.17) is 28.2 Å². The maximum absolute atomic E-state index is 13.0. The summed E-state index contributed by atoms with van der Waals surface area (Å²) in [6, 6.07) is 24.6. The molecule has 4 N–H and O–H groups in total. The molecule has 0 spiro atoms. The highest BCUT2D eigenvalue weighted by Crippen LogP contribution is 2.36. The van der Waals surface area contributed by atoms with E-state index < -0.39 is 0 Å². The zero-order chi connectivity index (χ0) is 31.2. The van der Waals surface area contributed by atoms with Gasteiger partial charge in [-0.2, -0.15) is 0 Å². The van der Waals surface area contributed by atoms with E-state index in [0.717, 1.165) is 44.5 Å². The lowest BCUT2D eigenvalue weighted by atomic mass is 10.0. The van der Waals surface area contributed by atoms with E-state index in [1.165, 1.54) is 0 Å². The van der Waals surface area contributed by atoms with Crippen molar-refractivity contribution in [2.75, 3.05) is 52.7 Å². The number of rotatable bonds is 10. The fourth-order valence-electron chi connectivity index (χ4n) is 5.28. The largest absolute Gasteiger partial charge is 0.369 e. The number of amides is 3. The Morgan fingerprint density at radius 1 is 0.773 bits per heavy atom. The molecule has 226 valence electrons. The van der Waals surface area contributed by atoms with Crippen LogP contribution in [0, 0.1) is 13.8 Å². The van der Waals surface area contributed by atoms with E-state index in [-0.39, 0.29) is 11.9 Å². The second-order valence-corrected chi connectivity index (χ2v) is 11.2. The number of hydrogen-bond donors (Lipinski definition) is 4. The Hall–Kier alpha value is -4.53. The lowest BCUT2D eigenvalue weighted by Gasteiger charge is -2.23. The summed E-state index contributed by atoms with van der Waals surface area (Å²) in [5.74, 6) is 0.793. The zero-order valence-electron chi connectivity index (χ0n) is 24.8. The van der Waals surface area contributed by atoms with E-state index in [1.54, 1.807) is 13.1 Å². The topological polar surface area (TPSA) is 98.4 Å². The molecular weight excluding hydrogens is 595 g/mol. The number of hydrogen-bond acceptors (Lipinski definition) is 5. The Kier molecular flexibility index (Phi) is 9.72. The van der Waals surface area contributed by atoms with Gasteiger partial charge >= 0.3 is 6.03 Å². The predicted molar refractivity (Wildman–Crippen MR) is 185 cm³/mol. The number of nitrogens with zero attached hydrogens (tertiary/aromatic N) is 2. The highest BCUT2D eigenvalue weighted by atomic mass is 35.5. The molecular formula is C34H34Cl2N6O2. The minimum Gasteiger partial charge on any atom is -0.369 e. The van der Waals surface area contributed by atoms with Crippen LogP contribution in [0.5, 0.6) is 0 Å². The maximum Gasteiger partial charge on any atom is 0.323 e. The second-order valence-electron chi connectivity index (χ2n) is 10.4. The van der Waals surface area contributed by atoms with Crippen LogP contribution < -0.4 is 26.2 Å². The van der Waals surface area contributed by atoms with E-state index in [0.29, 0.717) is 47.3 Å². The molecule has 44 heavy (non-hydrogen) atoms. The average molecular weight is 630 g/mol. The summed E-state index contributed by atoms with van der Waals surface area (Å²) in [7, 11) is 1.61. The number of alkyl halides is 2. The molecule has 5 aromatic rings. The first kappa shape index (κ1) is 30.9. The molecule has 0 atom stereocenters. The normalized spacial score (nSPS) is 10.9. The SMILES string of the molecule is CNC(=O)c1cccc2c(Nc3cc(C)cc(NC(=O)Nc4ccc(N(CCCl)CCCl)cc4)c3)c3cccc(C)c3nc12. The predicted octanol–water partition coefficient (Wildman–Crippen LogP) is 8.04. The lowest BCUT2D eigenvalue weighted by molar-refractivity contribution is 0.0964. The molecule has 0 aliphatic carbocycles. The van der Waals surface area contributed by atoms with Crippen molar-refractivity contribution >= 4 is 85.4 Å². The summed E-state index contributed by atoms with van der Waals surface area (Å²) < 4.78 is 0. The van der Waals surface area contributed by atoms with Crippen LogP contribution in [0.15, 0.2) is 78.9 Å². The fourth-order valence-corrected chi connectivity index (χ4v) is 5.69. The van der Waals surface area contributed by atoms with Gasteiger partial charge in [0.25, 0.3) is 5.91 Å². The number of carbonyl (C=O) groups excluding carboxylic acids is 2. The summed E-state index contributed by atoms with van der Waals surface area (Å²) in [4.78, 5) is 32.7. The van der Waals surface area contributed by atoms with Crippen LogP contribution in [0.4, 0.5) is 33.2 Å². The number of benzene rings is 4. The van der Waals surface area contributed by atoms with E-state index in [9.17, 15) is 9.59 Å². The van der Waals surface area contributed by atoms with Crippen molar-refractivity contribution in [3.05, 3.63) is 95.6 Å². The molecule has 0 saturated carbocycles. The third-order valence-corrected chi connectivity index (χ3v) is 7.65. The zero-order valence-corrected chi connectivity index (χ0v) is 26.3. The number of anilines is 5. The molecule has 0 aliphatic rings. The van der Waals surface area contributed by atoms with Gasteiger partial charge in [0, 0.05) is 65.4 Å². The molecule has 3 amide bonds. The number of halogens is 2. The third kappa shape index (κ3) is 6.82. The number of aromatic nitrogens is 1. The average Bonchev–Trinajstić information content (AvgIpc) is 3.01. The Bertz CT molecular complexity index is 1820. The minimum absolute atomic E-state index is 0.201. The summed E-state index contributed by atoms with van der Waals surface area (Å²) in [5, 5.41) is 13.9. The molecule has 1 aromatic heterocycles. The number of fused-ring (bicyclic) bond motifs is 2. The van der Waals surface area contributed by atoms with Gasteiger partial charge in [-0.1, -0.05) is 30.3 Å². The highest BCUT2D eigenvalue weighted by Gasteiger charge is 2.17. The van der Waals surface area contributed by atoms with Crippen molar-refractivity contribution < 1.29 is 9.59 Å². The van der Waals surface area contributed by atoms with Crippen molar-refractivity contribution in [2.45, 2.75) is 13.8 Å². The van der Waals surface area contributed by atoms with Gasteiger partial charge in [0.15, 0.2) is 0 Å². The van der Waals surface area contributed by atoms with Crippen molar-refractivity contribution in [2.24, 2.45) is 0 Å². The number of urea groups is 1. The van der Waals surface area contributed by atoms with Gasteiger partial charge in [0.05, 0.1) is 22.3 Å². The van der Waals surface area contributed by atoms with Gasteiger partial charge in [-0.15, -0.1) is 23.2 Å². The number of pyridine rings is 1. The van der Waals surface area contributed by atoms with Crippen LogP contribution in [-0.2, 0) is 0 Å². The lowest BCUT2D eigenvalue weighted by Crippen LogP contribution is -2.27. The molecule has 0 fully saturated rings. The molecule has 1 heterocycles. The first-order chi connectivity index (χ1) is 21.3. The standard InChI is InChI=1S/C34H34Cl2N6O2/c1-21-18-24(20-25(19-21)40-34(44)39-23-10-12-26(13-11-23)42(16-14-35)17-15-36)38-31-27-7-4-6-22(2)30(27)41-32-28(31)8-5-9-29(32)33(43)37-3/h4-13,18-20H,14-17H2,1-3H3,(H,37,43)(H,38,41)(H2,39,40,44). The van der Waals surface area contributed by atoms with Crippen molar-refractivity contribution in [1.29, 1.82) is 0 Å². The molecule has 4 aromatic carbocycles. The Morgan fingerprint density at radius 2 is 1.41 bits per heavy atom. The van der Waals surface area contributed by atoms with Crippen LogP contribution >= 0.6 is 23.2 Å². The van der Waals surface area contributed by atoms with E-state index in [2.05, 4.69) is 26.2 Å². The van der Waals surface area contributed by atoms with Crippen LogP contribution in [0.1, 0.15) is 21.5 Å². The first-order valence-corrected chi connectivity index (χ1v) is 15.4. The highest BCUT2D eigenvalue weighted by molar-refractivity contribution is 6.19. The Balaban J connectivity index is 1.42. The molecule has 8 nitrogen and oxygen atoms in total. The fraction of sp³-hybridized carbons (Fsp3) is 0.206. The van der Waals surface area contributed by atoms with Crippen molar-refractivity contribution in [3.63, 3.8) is 0 Å². The smallest absolute Gasteiger partial charge is 0.323 e. The van der Waals surface area contributed by atoms with Crippen LogP contribution in [0.3, 0.4) is 0 Å². The molecule has 5 rings (SSSR count). The Morgan fingerprint density at radius 3 is 2.09 bits per heavy atom. The van der Waals surface area contributed by atoms with Crippen LogP contribution in [0.2, 0.25) is 0 Å². The van der Waals surface area contributed by atoms with E-state index >= 15 is 0 Å². The molecule has 0 bridgehead atoms. The molecule has 10 heteroatoms. The number of carbonyl (C=O) groups is 2. The summed E-state index contributed by atoms with van der Waals surface area (Å²) in [5.41, 5.74) is 7.76.